The predicted molar refractivity (Wildman–Crippen MR) is 188 cm³/mol. The van der Waals surface area contributed by atoms with Crippen LogP contribution in [0.25, 0.3) is 34.2 Å². The molecule has 47 heavy (non-hydrogen) atoms. The summed E-state index contributed by atoms with van der Waals surface area (Å²) in [6.07, 6.45) is 7.70. The smallest absolute Gasteiger partial charge is 0.167 e. The van der Waals surface area contributed by atoms with Gasteiger partial charge in [-0.3, -0.25) is 0 Å². The summed E-state index contributed by atoms with van der Waals surface area (Å²) in [5.74, 6) is 3.16. The third-order valence-electron chi connectivity index (χ3n) is 7.30. The van der Waals surface area contributed by atoms with Gasteiger partial charge in [0.2, 0.25) is 0 Å². The zero-order valence-corrected chi connectivity index (χ0v) is 27.6. The van der Waals surface area contributed by atoms with Gasteiger partial charge in [-0.15, -0.1) is 0 Å². The molecule has 0 radical (unpaired) electrons. The molecule has 0 aliphatic heterocycles. The molecule has 4 rings (SSSR count). The molecule has 1 aromatic heterocycles. The van der Waals surface area contributed by atoms with Gasteiger partial charge in [-0.2, -0.15) is 0 Å². The number of benzene rings is 3. The first-order valence-electron chi connectivity index (χ1n) is 16.6. The van der Waals surface area contributed by atoms with E-state index in [1.54, 1.807) is 36.4 Å². The molecule has 254 valence electrons. The van der Waals surface area contributed by atoms with Crippen molar-refractivity contribution >= 4 is 0 Å². The van der Waals surface area contributed by atoms with Gasteiger partial charge in [0.1, 0.15) is 34.5 Å². The number of aromatic hydroxyl groups is 2. The molecule has 1 heterocycles. The van der Waals surface area contributed by atoms with E-state index in [9.17, 15) is 10.2 Å². The summed E-state index contributed by atoms with van der Waals surface area (Å²) in [7, 11) is 0. The van der Waals surface area contributed by atoms with Gasteiger partial charge in [-0.1, -0.05) is 60.8 Å². The van der Waals surface area contributed by atoms with Gasteiger partial charge in [0.15, 0.2) is 17.5 Å². The average Bonchev–Trinajstić information content (AvgIpc) is 3.05. The lowest BCUT2D eigenvalue weighted by Crippen LogP contribution is -2.04. The van der Waals surface area contributed by atoms with E-state index in [-0.39, 0.29) is 30.6 Å². The number of aromatic nitrogens is 3. The fraction of sp³-hybridized carbons (Fsp3) is 0.447. The number of phenols is 2. The SMILES string of the molecule is C.CCCCOc1ccc(-c2nc(-c3ccc(OCCCC)cc3O)nc(-c3ccc(OCCCC)cc3OCCCC)n2)c(O)c1. The minimum atomic E-state index is -0.0277. The summed E-state index contributed by atoms with van der Waals surface area (Å²) in [6, 6.07) is 15.8. The summed E-state index contributed by atoms with van der Waals surface area (Å²) in [5.41, 5.74) is 1.45. The highest BCUT2D eigenvalue weighted by atomic mass is 16.5. The fourth-order valence-electron chi connectivity index (χ4n) is 4.54. The van der Waals surface area contributed by atoms with Crippen molar-refractivity contribution in [1.82, 2.24) is 15.0 Å². The van der Waals surface area contributed by atoms with Gasteiger partial charge in [-0.25, -0.2) is 15.0 Å². The van der Waals surface area contributed by atoms with Gasteiger partial charge >= 0.3 is 0 Å². The van der Waals surface area contributed by atoms with E-state index in [1.165, 1.54) is 0 Å². The van der Waals surface area contributed by atoms with Crippen molar-refractivity contribution in [3.8, 4) is 68.7 Å². The second kappa shape index (κ2) is 19.2. The summed E-state index contributed by atoms with van der Waals surface area (Å²) < 4.78 is 23.8. The van der Waals surface area contributed by atoms with Crippen molar-refractivity contribution in [3.05, 3.63) is 54.6 Å². The minimum Gasteiger partial charge on any atom is -0.507 e. The van der Waals surface area contributed by atoms with Gasteiger partial charge in [0, 0.05) is 18.2 Å². The summed E-state index contributed by atoms with van der Waals surface area (Å²) in [6.45, 7) is 10.7. The number of nitrogens with zero attached hydrogens (tertiary/aromatic N) is 3. The molecule has 0 amide bonds. The van der Waals surface area contributed by atoms with Gasteiger partial charge in [0.05, 0.1) is 43.1 Å². The molecule has 9 nitrogen and oxygen atoms in total. The Labute approximate surface area is 280 Å². The van der Waals surface area contributed by atoms with Crippen LogP contribution in [-0.2, 0) is 0 Å². The van der Waals surface area contributed by atoms with Gasteiger partial charge in [-0.05, 0) is 62.1 Å². The average molecular weight is 646 g/mol. The number of rotatable bonds is 19. The molecule has 0 bridgehead atoms. The van der Waals surface area contributed by atoms with E-state index < -0.39 is 0 Å². The fourth-order valence-corrected chi connectivity index (χ4v) is 4.54. The molecule has 3 aromatic carbocycles. The van der Waals surface area contributed by atoms with Crippen molar-refractivity contribution in [2.45, 2.75) is 86.5 Å². The van der Waals surface area contributed by atoms with Crippen LogP contribution in [0.15, 0.2) is 54.6 Å². The van der Waals surface area contributed by atoms with Crippen molar-refractivity contribution in [3.63, 3.8) is 0 Å². The van der Waals surface area contributed by atoms with Crippen LogP contribution in [0.2, 0.25) is 0 Å². The van der Waals surface area contributed by atoms with Crippen LogP contribution in [0.5, 0.6) is 34.5 Å². The van der Waals surface area contributed by atoms with Crippen LogP contribution in [0, 0.1) is 0 Å². The monoisotopic (exact) mass is 645 g/mol. The van der Waals surface area contributed by atoms with E-state index >= 15 is 0 Å². The van der Waals surface area contributed by atoms with Crippen LogP contribution in [0.1, 0.15) is 86.5 Å². The maximum Gasteiger partial charge on any atom is 0.167 e. The second-order valence-electron chi connectivity index (χ2n) is 11.1. The molecule has 0 aliphatic rings. The summed E-state index contributed by atoms with van der Waals surface area (Å²) in [4.78, 5) is 14.3. The highest BCUT2D eigenvalue weighted by Gasteiger charge is 2.20. The zero-order chi connectivity index (χ0) is 32.7. The van der Waals surface area contributed by atoms with E-state index in [1.807, 2.05) is 18.2 Å². The van der Waals surface area contributed by atoms with E-state index in [0.717, 1.165) is 51.4 Å². The van der Waals surface area contributed by atoms with Crippen LogP contribution in [-0.4, -0.2) is 51.6 Å². The topological polar surface area (TPSA) is 116 Å². The molecular weight excluding hydrogens is 594 g/mol. The Kier molecular flexibility index (Phi) is 15.1. The number of ether oxygens (including phenoxy) is 4. The number of phenolic OH excluding ortho intramolecular Hbond substituents is 2. The van der Waals surface area contributed by atoms with Crippen molar-refractivity contribution in [1.29, 1.82) is 0 Å². The molecule has 0 saturated carbocycles. The maximum atomic E-state index is 11.1. The van der Waals surface area contributed by atoms with Crippen molar-refractivity contribution < 1.29 is 29.2 Å². The molecule has 0 unspecified atom stereocenters. The van der Waals surface area contributed by atoms with Crippen molar-refractivity contribution in [2.24, 2.45) is 0 Å². The number of hydrogen-bond donors (Lipinski definition) is 2. The zero-order valence-electron chi connectivity index (χ0n) is 27.6. The molecule has 0 aliphatic carbocycles. The number of hydrogen-bond acceptors (Lipinski definition) is 9. The Balaban J connectivity index is 0.00000600. The third kappa shape index (κ3) is 10.5. The lowest BCUT2D eigenvalue weighted by Gasteiger charge is -2.15. The van der Waals surface area contributed by atoms with E-state index in [0.29, 0.717) is 71.9 Å². The minimum absolute atomic E-state index is 0. The second-order valence-corrected chi connectivity index (χ2v) is 11.1. The lowest BCUT2D eigenvalue weighted by atomic mass is 10.1. The van der Waals surface area contributed by atoms with Crippen LogP contribution in [0.4, 0.5) is 0 Å². The highest BCUT2D eigenvalue weighted by molar-refractivity contribution is 5.74. The molecule has 9 heteroatoms. The normalized spacial score (nSPS) is 10.7. The Morgan fingerprint density at radius 1 is 0.468 bits per heavy atom. The highest BCUT2D eigenvalue weighted by Crippen LogP contribution is 2.38. The molecule has 4 aromatic rings. The largest absolute Gasteiger partial charge is 0.507 e. The molecule has 0 spiro atoms. The summed E-state index contributed by atoms with van der Waals surface area (Å²) in [5, 5.41) is 22.1. The quantitative estimate of drug-likeness (QED) is 0.0961. The van der Waals surface area contributed by atoms with Gasteiger partial charge in [0.25, 0.3) is 0 Å². The van der Waals surface area contributed by atoms with Crippen LogP contribution in [0.3, 0.4) is 0 Å². The molecule has 0 saturated heterocycles. The first-order valence-corrected chi connectivity index (χ1v) is 16.6. The van der Waals surface area contributed by atoms with Gasteiger partial charge < -0.3 is 29.2 Å². The predicted octanol–water partition coefficient (Wildman–Crippen LogP) is 9.64. The van der Waals surface area contributed by atoms with E-state index in [2.05, 4.69) is 27.7 Å². The Hall–Kier alpha value is -4.53. The molecular formula is C38H51N3O6. The summed E-state index contributed by atoms with van der Waals surface area (Å²) >= 11 is 0. The standard InChI is InChI=1S/C37H47N3O6.CH4/c1-5-9-19-43-26-13-16-29(32(41)23-26)35-38-36(30-17-14-27(24-33(30)42)44-20-10-6-2)40-37(39-35)31-18-15-28(45-21-11-7-3)25-34(31)46-22-12-8-4;/h13-18,23-25,41-42H,5-12,19-22H2,1-4H3;1H4. The molecule has 0 fully saturated rings. The third-order valence-corrected chi connectivity index (χ3v) is 7.30. The number of unbranched alkanes of at least 4 members (excludes halogenated alkanes) is 4. The Morgan fingerprint density at radius 3 is 1.19 bits per heavy atom. The van der Waals surface area contributed by atoms with Crippen LogP contribution < -0.4 is 18.9 Å². The molecule has 0 atom stereocenters. The molecule has 2 N–H and O–H groups in total. The lowest BCUT2D eigenvalue weighted by molar-refractivity contribution is 0.295. The first kappa shape index (κ1) is 36.9. The first-order chi connectivity index (χ1) is 22.5. The van der Waals surface area contributed by atoms with Crippen LogP contribution >= 0.6 is 0 Å². The maximum absolute atomic E-state index is 11.1. The van der Waals surface area contributed by atoms with E-state index in [4.69, 9.17) is 33.9 Å². The van der Waals surface area contributed by atoms with Crippen molar-refractivity contribution in [2.75, 3.05) is 26.4 Å². The Bertz CT molecular complexity index is 1470. The Morgan fingerprint density at radius 2 is 0.809 bits per heavy atom.